The first kappa shape index (κ1) is 26.0. The number of thiophene rings is 1. The van der Waals surface area contributed by atoms with Crippen LogP contribution in [0.25, 0.3) is 10.1 Å². The van der Waals surface area contributed by atoms with E-state index in [1.165, 1.54) is 47.7 Å². The fourth-order valence-corrected chi connectivity index (χ4v) is 10.1. The van der Waals surface area contributed by atoms with Gasteiger partial charge in [0.2, 0.25) is 0 Å². The highest BCUT2D eigenvalue weighted by Gasteiger charge is 2.38. The van der Waals surface area contributed by atoms with E-state index in [-0.39, 0.29) is 27.4 Å². The van der Waals surface area contributed by atoms with Gasteiger partial charge in [-0.2, -0.15) is 3.71 Å². The summed E-state index contributed by atoms with van der Waals surface area (Å²) < 4.78 is 56.2. The molecule has 1 N–H and O–H groups in total. The number of rotatable bonds is 7. The number of carbonyl (C=O) groups is 1. The lowest BCUT2D eigenvalue weighted by molar-refractivity contribution is 0.0622. The van der Waals surface area contributed by atoms with Gasteiger partial charge in [0, 0.05) is 17.3 Å². The first-order chi connectivity index (χ1) is 18.7. The molecule has 1 aromatic heterocycles. The predicted molar refractivity (Wildman–Crippen MR) is 152 cm³/mol. The number of sulfonamides is 2. The Kier molecular flexibility index (Phi) is 6.70. The fourth-order valence-electron chi connectivity index (χ4n) is 5.40. The third-order valence-corrected chi connectivity index (χ3v) is 12.7. The normalized spacial score (nSPS) is 21.1. The van der Waals surface area contributed by atoms with Crippen LogP contribution in [0.3, 0.4) is 0 Å². The molecule has 39 heavy (non-hydrogen) atoms. The van der Waals surface area contributed by atoms with E-state index in [9.17, 15) is 21.6 Å². The predicted octanol–water partition coefficient (Wildman–Crippen LogP) is 4.31. The molecule has 0 radical (unpaired) electrons. The maximum atomic E-state index is 13.8. The number of benzene rings is 3. The maximum absolute atomic E-state index is 13.8. The van der Waals surface area contributed by atoms with Crippen molar-refractivity contribution in [2.75, 3.05) is 23.3 Å². The molecule has 1 atom stereocenters. The van der Waals surface area contributed by atoms with E-state index in [1.54, 1.807) is 48.5 Å². The Hall–Kier alpha value is -3.25. The number of piperidine rings is 3. The largest absolute Gasteiger partial charge is 0.347 e. The minimum atomic E-state index is -4.50. The zero-order valence-corrected chi connectivity index (χ0v) is 23.4. The Bertz CT molecular complexity index is 1660. The molecule has 3 fully saturated rings. The van der Waals surface area contributed by atoms with Gasteiger partial charge < -0.3 is 10.2 Å². The van der Waals surface area contributed by atoms with Crippen LogP contribution >= 0.6 is 11.3 Å². The SMILES string of the molecule is O=C(NC1CN2CCC1CC2)c1cc2ccc(N(S(=O)(=O)c3ccccc3)S(=O)(=O)c3ccccc3)cc2s1. The van der Waals surface area contributed by atoms with Crippen LogP contribution in [0, 0.1) is 5.92 Å². The summed E-state index contributed by atoms with van der Waals surface area (Å²) in [5.74, 6) is 0.321. The van der Waals surface area contributed by atoms with E-state index < -0.39 is 20.0 Å². The third kappa shape index (κ3) is 4.84. The summed E-state index contributed by atoms with van der Waals surface area (Å²) in [6.45, 7) is 3.02. The van der Waals surface area contributed by atoms with Gasteiger partial charge in [0.05, 0.1) is 20.4 Å². The average molecular weight is 582 g/mol. The summed E-state index contributed by atoms with van der Waals surface area (Å²) in [5, 5.41) is 3.92. The topological polar surface area (TPSA) is 104 Å². The molecular weight excluding hydrogens is 555 g/mol. The Morgan fingerprint density at radius 2 is 1.41 bits per heavy atom. The van der Waals surface area contributed by atoms with E-state index in [0.717, 1.165) is 37.9 Å². The highest BCUT2D eigenvalue weighted by atomic mass is 32.3. The van der Waals surface area contributed by atoms with Crippen molar-refractivity contribution in [2.24, 2.45) is 5.92 Å². The first-order valence-electron chi connectivity index (χ1n) is 12.7. The maximum Gasteiger partial charge on any atom is 0.277 e. The Morgan fingerprint density at radius 3 is 1.95 bits per heavy atom. The lowest BCUT2D eigenvalue weighted by Gasteiger charge is -2.44. The summed E-state index contributed by atoms with van der Waals surface area (Å²) in [7, 11) is -8.99. The average Bonchev–Trinajstić information content (AvgIpc) is 3.38. The van der Waals surface area contributed by atoms with Crippen LogP contribution in [0.15, 0.2) is 94.7 Å². The van der Waals surface area contributed by atoms with E-state index >= 15 is 0 Å². The lowest BCUT2D eigenvalue weighted by Crippen LogP contribution is -2.57. The van der Waals surface area contributed by atoms with Crippen LogP contribution < -0.4 is 9.03 Å². The molecule has 8 nitrogen and oxygen atoms in total. The number of anilines is 1. The van der Waals surface area contributed by atoms with Crippen molar-refractivity contribution in [1.29, 1.82) is 0 Å². The van der Waals surface area contributed by atoms with Gasteiger partial charge in [-0.15, -0.1) is 11.3 Å². The number of carbonyl (C=O) groups excluding carboxylic acids is 1. The molecule has 0 spiro atoms. The summed E-state index contributed by atoms with van der Waals surface area (Å²) in [5.41, 5.74) is -0.0265. The van der Waals surface area contributed by atoms with Crippen LogP contribution in [0.5, 0.6) is 0 Å². The molecule has 202 valence electrons. The van der Waals surface area contributed by atoms with Gasteiger partial charge in [0.25, 0.3) is 26.0 Å². The van der Waals surface area contributed by atoms with Crippen molar-refractivity contribution in [3.05, 3.63) is 89.8 Å². The lowest BCUT2D eigenvalue weighted by atomic mass is 9.84. The molecule has 4 heterocycles. The molecular formula is C28H27N3O5S3. The molecule has 4 aromatic rings. The molecule has 3 aliphatic heterocycles. The van der Waals surface area contributed by atoms with Gasteiger partial charge >= 0.3 is 0 Å². The number of nitrogens with zero attached hydrogens (tertiary/aromatic N) is 2. The molecule has 7 rings (SSSR count). The summed E-state index contributed by atoms with van der Waals surface area (Å²) in [4.78, 5) is 15.7. The van der Waals surface area contributed by atoms with Gasteiger partial charge in [-0.3, -0.25) is 4.79 Å². The summed E-state index contributed by atoms with van der Waals surface area (Å²) in [6, 6.07) is 21.5. The second kappa shape index (κ2) is 10.1. The van der Waals surface area contributed by atoms with Gasteiger partial charge in [-0.05, 0) is 79.7 Å². The van der Waals surface area contributed by atoms with E-state index in [0.29, 0.717) is 19.2 Å². The van der Waals surface area contributed by atoms with Gasteiger partial charge in [0.15, 0.2) is 0 Å². The molecule has 3 saturated heterocycles. The number of fused-ring (bicyclic) bond motifs is 4. The Labute approximate surface area is 232 Å². The van der Waals surface area contributed by atoms with Crippen LogP contribution in [-0.4, -0.2) is 53.3 Å². The highest BCUT2D eigenvalue weighted by Crippen LogP contribution is 2.36. The number of hydrogen-bond donors (Lipinski definition) is 1. The Balaban J connectivity index is 1.38. The summed E-state index contributed by atoms with van der Waals surface area (Å²) >= 11 is 1.22. The number of nitrogens with one attached hydrogen (secondary N) is 1. The van der Waals surface area contributed by atoms with Crippen LogP contribution in [0.2, 0.25) is 0 Å². The molecule has 1 unspecified atom stereocenters. The van der Waals surface area contributed by atoms with Gasteiger partial charge in [-0.25, -0.2) is 16.8 Å². The van der Waals surface area contributed by atoms with Crippen molar-refractivity contribution in [2.45, 2.75) is 28.7 Å². The molecule has 11 heteroatoms. The highest BCUT2D eigenvalue weighted by molar-refractivity contribution is 8.10. The standard InChI is InChI=1S/C28H27N3O5S3/c32-28(29-25-19-30-15-13-20(25)14-16-30)27-17-21-11-12-22(18-26(21)37-27)31(38(33,34)23-7-3-1-4-8-23)39(35,36)24-9-5-2-6-10-24/h1-12,17-18,20,25H,13-16,19H2,(H,29,32). The van der Waals surface area contributed by atoms with E-state index in [1.807, 2.05) is 0 Å². The quantitative estimate of drug-likeness (QED) is 0.349. The molecule has 3 aliphatic rings. The zero-order valence-electron chi connectivity index (χ0n) is 20.9. The number of hydrogen-bond acceptors (Lipinski definition) is 7. The molecule has 1 amide bonds. The van der Waals surface area contributed by atoms with E-state index in [4.69, 9.17) is 0 Å². The van der Waals surface area contributed by atoms with Crippen molar-refractivity contribution < 1.29 is 21.6 Å². The Morgan fingerprint density at radius 1 is 0.821 bits per heavy atom. The second-order valence-electron chi connectivity index (χ2n) is 9.88. The molecule has 3 aromatic carbocycles. The second-order valence-corrected chi connectivity index (χ2v) is 14.8. The third-order valence-electron chi connectivity index (χ3n) is 7.43. The number of amides is 1. The van der Waals surface area contributed by atoms with Crippen LogP contribution in [0.1, 0.15) is 22.5 Å². The van der Waals surface area contributed by atoms with Crippen LogP contribution in [0.4, 0.5) is 5.69 Å². The van der Waals surface area contributed by atoms with Gasteiger partial charge in [0.1, 0.15) is 0 Å². The van der Waals surface area contributed by atoms with Crippen molar-refractivity contribution in [1.82, 2.24) is 10.2 Å². The smallest absolute Gasteiger partial charge is 0.277 e. The minimum absolute atomic E-state index is 0.0265. The minimum Gasteiger partial charge on any atom is -0.347 e. The van der Waals surface area contributed by atoms with Crippen molar-refractivity contribution in [3.63, 3.8) is 0 Å². The van der Waals surface area contributed by atoms with Gasteiger partial charge in [-0.1, -0.05) is 42.5 Å². The van der Waals surface area contributed by atoms with Crippen molar-refractivity contribution in [3.8, 4) is 0 Å². The molecule has 0 saturated carbocycles. The zero-order chi connectivity index (χ0) is 27.2. The first-order valence-corrected chi connectivity index (χ1v) is 16.4. The molecule has 0 aliphatic carbocycles. The van der Waals surface area contributed by atoms with Crippen molar-refractivity contribution >= 4 is 53.1 Å². The van der Waals surface area contributed by atoms with E-state index in [2.05, 4.69) is 10.2 Å². The fraction of sp³-hybridized carbons (Fsp3) is 0.250. The monoisotopic (exact) mass is 581 g/mol. The van der Waals surface area contributed by atoms with Crippen LogP contribution in [-0.2, 0) is 20.0 Å². The summed E-state index contributed by atoms with van der Waals surface area (Å²) in [6.07, 6.45) is 2.17. The molecule has 2 bridgehead atoms.